The first-order valence-corrected chi connectivity index (χ1v) is 7.62. The van der Waals surface area contributed by atoms with Crippen molar-refractivity contribution in [1.29, 1.82) is 0 Å². The molecule has 2 aromatic carbocycles. The summed E-state index contributed by atoms with van der Waals surface area (Å²) in [6, 6.07) is 8.68. The predicted molar refractivity (Wildman–Crippen MR) is 85.3 cm³/mol. The number of hydrogen-bond donors (Lipinski definition) is 1. The molecule has 0 radical (unpaired) electrons. The van der Waals surface area contributed by atoms with Gasteiger partial charge in [0.1, 0.15) is 0 Å². The zero-order valence-electron chi connectivity index (χ0n) is 13.4. The summed E-state index contributed by atoms with van der Waals surface area (Å²) in [6.45, 7) is 0.0839. The van der Waals surface area contributed by atoms with Crippen LogP contribution in [0.5, 0.6) is 11.5 Å². The Morgan fingerprint density at radius 3 is 2.48 bits per heavy atom. The van der Waals surface area contributed by atoms with Crippen molar-refractivity contribution in [1.82, 2.24) is 10.2 Å². The summed E-state index contributed by atoms with van der Waals surface area (Å²) in [5, 5.41) is 9.82. The molecule has 27 heavy (non-hydrogen) atoms. The minimum atomic E-state index is -4.43. The lowest BCUT2D eigenvalue weighted by Crippen LogP contribution is -2.12. The molecule has 1 aliphatic heterocycles. The smallest absolute Gasteiger partial charge is 0.416 e. The van der Waals surface area contributed by atoms with Crippen LogP contribution >= 0.6 is 0 Å². The van der Waals surface area contributed by atoms with Gasteiger partial charge in [0.05, 0.1) is 5.56 Å². The Bertz CT molecular complexity index is 999. The quantitative estimate of drug-likeness (QED) is 0.748. The molecule has 7 nitrogen and oxygen atoms in total. The third-order valence-corrected chi connectivity index (χ3v) is 3.74. The molecule has 1 amide bonds. The van der Waals surface area contributed by atoms with Crippen LogP contribution in [0.2, 0.25) is 0 Å². The summed E-state index contributed by atoms with van der Waals surface area (Å²) in [5.41, 5.74) is -0.213. The van der Waals surface area contributed by atoms with Crippen molar-refractivity contribution in [3.05, 3.63) is 53.6 Å². The highest BCUT2D eigenvalue weighted by Crippen LogP contribution is 2.33. The van der Waals surface area contributed by atoms with E-state index < -0.39 is 17.6 Å². The molecule has 1 aromatic heterocycles. The number of nitrogens with one attached hydrogen (secondary N) is 1. The van der Waals surface area contributed by atoms with E-state index in [1.54, 1.807) is 6.07 Å². The van der Waals surface area contributed by atoms with Gasteiger partial charge in [-0.2, -0.15) is 13.2 Å². The molecule has 10 heteroatoms. The number of anilines is 1. The van der Waals surface area contributed by atoms with Crippen molar-refractivity contribution in [2.45, 2.75) is 6.18 Å². The summed E-state index contributed by atoms with van der Waals surface area (Å²) in [7, 11) is 0. The number of fused-ring (bicyclic) bond motifs is 1. The van der Waals surface area contributed by atoms with Crippen molar-refractivity contribution in [3.63, 3.8) is 0 Å². The van der Waals surface area contributed by atoms with E-state index in [4.69, 9.17) is 13.9 Å². The molecule has 4 rings (SSSR count). The molecule has 1 aliphatic rings. The third kappa shape index (κ3) is 3.41. The van der Waals surface area contributed by atoms with E-state index in [2.05, 4.69) is 15.5 Å². The fourth-order valence-corrected chi connectivity index (χ4v) is 2.40. The van der Waals surface area contributed by atoms with Gasteiger partial charge in [0, 0.05) is 11.1 Å². The van der Waals surface area contributed by atoms with E-state index in [1.807, 2.05) is 0 Å². The lowest BCUT2D eigenvalue weighted by Gasteiger charge is -2.05. The molecule has 0 aliphatic carbocycles. The molecule has 3 aromatic rings. The van der Waals surface area contributed by atoms with Gasteiger partial charge in [0.15, 0.2) is 11.5 Å². The van der Waals surface area contributed by atoms with Gasteiger partial charge in [-0.15, -0.1) is 5.10 Å². The molecule has 2 heterocycles. The van der Waals surface area contributed by atoms with Crippen molar-refractivity contribution in [3.8, 4) is 23.0 Å². The molecule has 0 spiro atoms. The number of hydrogen-bond acceptors (Lipinski definition) is 6. The van der Waals surface area contributed by atoms with Crippen molar-refractivity contribution < 1.29 is 31.9 Å². The molecule has 0 fully saturated rings. The molecule has 0 atom stereocenters. The predicted octanol–water partition coefficient (Wildman–Crippen LogP) is 3.74. The van der Waals surface area contributed by atoms with Crippen molar-refractivity contribution >= 4 is 11.9 Å². The van der Waals surface area contributed by atoms with E-state index in [1.165, 1.54) is 24.3 Å². The highest BCUT2D eigenvalue weighted by atomic mass is 19.4. The van der Waals surface area contributed by atoms with E-state index >= 15 is 0 Å². The Morgan fingerprint density at radius 2 is 1.74 bits per heavy atom. The third-order valence-electron chi connectivity index (χ3n) is 3.74. The Labute approximate surface area is 149 Å². The lowest BCUT2D eigenvalue weighted by atomic mass is 10.1. The number of benzene rings is 2. The van der Waals surface area contributed by atoms with Gasteiger partial charge in [0.2, 0.25) is 12.7 Å². The maximum atomic E-state index is 12.6. The number of alkyl halides is 3. The maximum absolute atomic E-state index is 12.6. The average molecular weight is 377 g/mol. The Hall–Kier alpha value is -3.56. The average Bonchev–Trinajstić information content (AvgIpc) is 3.29. The summed E-state index contributed by atoms with van der Waals surface area (Å²) >= 11 is 0. The van der Waals surface area contributed by atoms with Gasteiger partial charge >= 0.3 is 12.2 Å². The molecular formula is C17H10F3N3O4. The standard InChI is InChI=1S/C17H10F3N3O4/c18-17(19,20)11-4-1-9(2-5-11)15-22-23-16(27-15)21-14(24)10-3-6-12-13(7-10)26-8-25-12/h1-7H,8H2,(H,21,23,24). The number of nitrogens with zero attached hydrogens (tertiary/aromatic N) is 2. The van der Waals surface area contributed by atoms with Crippen LogP contribution in [0.15, 0.2) is 46.9 Å². The first-order chi connectivity index (χ1) is 12.9. The monoisotopic (exact) mass is 377 g/mol. The second-order valence-electron chi connectivity index (χ2n) is 5.51. The van der Waals surface area contributed by atoms with Crippen LogP contribution in [0, 0.1) is 0 Å². The SMILES string of the molecule is O=C(Nc1nnc(-c2ccc(C(F)(F)F)cc2)o1)c1ccc2c(c1)OCO2. The number of carbonyl (C=O) groups excluding carboxylic acids is 1. The fourth-order valence-electron chi connectivity index (χ4n) is 2.40. The molecule has 138 valence electrons. The summed E-state index contributed by atoms with van der Waals surface area (Å²) in [4.78, 5) is 12.3. The Balaban J connectivity index is 1.49. The van der Waals surface area contributed by atoms with E-state index in [0.717, 1.165) is 12.1 Å². The van der Waals surface area contributed by atoms with Crippen LogP contribution in [-0.4, -0.2) is 22.9 Å². The van der Waals surface area contributed by atoms with Crippen molar-refractivity contribution in [2.24, 2.45) is 0 Å². The molecule has 1 N–H and O–H groups in total. The van der Waals surface area contributed by atoms with Crippen LogP contribution in [0.25, 0.3) is 11.5 Å². The Morgan fingerprint density at radius 1 is 1.00 bits per heavy atom. The number of rotatable bonds is 3. The molecule has 0 unspecified atom stereocenters. The van der Waals surface area contributed by atoms with Gasteiger partial charge in [-0.25, -0.2) is 0 Å². The van der Waals surface area contributed by atoms with Crippen LogP contribution in [0.1, 0.15) is 15.9 Å². The van der Waals surface area contributed by atoms with Crippen LogP contribution in [0.3, 0.4) is 0 Å². The van der Waals surface area contributed by atoms with Crippen molar-refractivity contribution in [2.75, 3.05) is 12.1 Å². The molecular weight excluding hydrogens is 367 g/mol. The number of aromatic nitrogens is 2. The normalized spacial score (nSPS) is 12.9. The van der Waals surface area contributed by atoms with Crippen LogP contribution in [0.4, 0.5) is 19.2 Å². The summed E-state index contributed by atoms with van der Waals surface area (Å²) in [6.07, 6.45) is -4.43. The number of carbonyl (C=O) groups is 1. The van der Waals surface area contributed by atoms with Crippen LogP contribution in [-0.2, 0) is 6.18 Å². The van der Waals surface area contributed by atoms with Crippen LogP contribution < -0.4 is 14.8 Å². The molecule has 0 bridgehead atoms. The number of ether oxygens (including phenoxy) is 2. The second-order valence-corrected chi connectivity index (χ2v) is 5.51. The summed E-state index contributed by atoms with van der Waals surface area (Å²) < 4.78 is 53.5. The first-order valence-electron chi connectivity index (χ1n) is 7.62. The van der Waals surface area contributed by atoms with Gasteiger partial charge in [-0.3, -0.25) is 10.1 Å². The van der Waals surface area contributed by atoms with E-state index in [9.17, 15) is 18.0 Å². The van der Waals surface area contributed by atoms with Gasteiger partial charge in [-0.1, -0.05) is 5.10 Å². The molecule has 0 saturated heterocycles. The first kappa shape index (κ1) is 16.9. The van der Waals surface area contributed by atoms with E-state index in [0.29, 0.717) is 17.1 Å². The lowest BCUT2D eigenvalue weighted by molar-refractivity contribution is -0.137. The highest BCUT2D eigenvalue weighted by Gasteiger charge is 2.30. The van der Waals surface area contributed by atoms with E-state index in [-0.39, 0.29) is 24.3 Å². The fraction of sp³-hybridized carbons (Fsp3) is 0.118. The molecule has 0 saturated carbocycles. The van der Waals surface area contributed by atoms with Gasteiger partial charge in [-0.05, 0) is 42.5 Å². The zero-order valence-corrected chi connectivity index (χ0v) is 13.4. The topological polar surface area (TPSA) is 86.5 Å². The van der Waals surface area contributed by atoms with Gasteiger partial charge < -0.3 is 13.9 Å². The Kier molecular flexibility index (Phi) is 3.94. The number of halogens is 3. The second kappa shape index (κ2) is 6.31. The van der Waals surface area contributed by atoms with Gasteiger partial charge in [0.25, 0.3) is 5.91 Å². The maximum Gasteiger partial charge on any atom is 0.416 e. The minimum Gasteiger partial charge on any atom is -0.454 e. The minimum absolute atomic E-state index is 0.0234. The number of amides is 1. The summed E-state index contributed by atoms with van der Waals surface area (Å²) in [5.74, 6) is 0.438. The zero-order chi connectivity index (χ0) is 19.0. The highest BCUT2D eigenvalue weighted by molar-refractivity contribution is 6.03. The largest absolute Gasteiger partial charge is 0.454 e.